The van der Waals surface area contributed by atoms with Crippen LogP contribution in [0.4, 0.5) is 11.4 Å². The van der Waals surface area contributed by atoms with Crippen LogP contribution in [0, 0.1) is 21.4 Å². The Bertz CT molecular complexity index is 778. The van der Waals surface area contributed by atoms with Gasteiger partial charge in [0, 0.05) is 17.7 Å². The molecule has 0 saturated carbocycles. The number of nitrogens with zero attached hydrogens (tertiary/aromatic N) is 2. The molecule has 1 N–H and O–H groups in total. The van der Waals surface area contributed by atoms with Gasteiger partial charge in [0.25, 0.3) is 11.6 Å². The highest BCUT2D eigenvalue weighted by molar-refractivity contribution is 6.05. The number of nitrogens with one attached hydrogen (secondary N) is 1. The SMILES string of the molecule is CCc1cccc(C(=O)Nc2ccc([N+](=O)[O-])cc2C#N)c1. The molecule has 0 bridgehead atoms. The summed E-state index contributed by atoms with van der Waals surface area (Å²) >= 11 is 0. The van der Waals surface area contributed by atoms with Crippen LogP contribution < -0.4 is 5.32 Å². The third-order valence-corrected chi connectivity index (χ3v) is 3.18. The van der Waals surface area contributed by atoms with Crippen molar-refractivity contribution >= 4 is 17.3 Å². The molecule has 0 fully saturated rings. The lowest BCUT2D eigenvalue weighted by molar-refractivity contribution is -0.384. The number of carbonyl (C=O) groups excluding carboxylic acids is 1. The zero-order valence-electron chi connectivity index (χ0n) is 11.9. The Morgan fingerprint density at radius 1 is 1.32 bits per heavy atom. The molecule has 0 radical (unpaired) electrons. The van der Waals surface area contributed by atoms with E-state index in [1.807, 2.05) is 19.1 Å². The average Bonchev–Trinajstić information content (AvgIpc) is 2.54. The molecule has 2 aromatic rings. The van der Waals surface area contributed by atoms with E-state index in [1.54, 1.807) is 18.2 Å². The van der Waals surface area contributed by atoms with Gasteiger partial charge in [-0.2, -0.15) is 5.26 Å². The minimum absolute atomic E-state index is 0.0502. The molecule has 0 atom stereocenters. The van der Waals surface area contributed by atoms with Crippen molar-refractivity contribution < 1.29 is 9.72 Å². The molecule has 6 heteroatoms. The van der Waals surface area contributed by atoms with Gasteiger partial charge < -0.3 is 5.32 Å². The topological polar surface area (TPSA) is 96.0 Å². The zero-order chi connectivity index (χ0) is 16.1. The molecule has 0 aromatic heterocycles. The van der Waals surface area contributed by atoms with Crippen LogP contribution >= 0.6 is 0 Å². The van der Waals surface area contributed by atoms with Crippen LogP contribution in [0.25, 0.3) is 0 Å². The molecular formula is C16H13N3O3. The van der Waals surface area contributed by atoms with E-state index in [9.17, 15) is 14.9 Å². The molecule has 1 amide bonds. The van der Waals surface area contributed by atoms with E-state index >= 15 is 0 Å². The number of nitro benzene ring substituents is 1. The van der Waals surface area contributed by atoms with Gasteiger partial charge in [0.15, 0.2) is 0 Å². The molecule has 0 aliphatic carbocycles. The molecule has 110 valence electrons. The Hall–Kier alpha value is -3.20. The summed E-state index contributed by atoms with van der Waals surface area (Å²) in [6, 6.07) is 12.7. The summed E-state index contributed by atoms with van der Waals surface area (Å²) in [4.78, 5) is 22.3. The average molecular weight is 295 g/mol. The van der Waals surface area contributed by atoms with Crippen LogP contribution in [-0.2, 0) is 6.42 Å². The second-order valence-electron chi connectivity index (χ2n) is 4.61. The van der Waals surface area contributed by atoms with Crippen molar-refractivity contribution in [2.24, 2.45) is 0 Å². The fraction of sp³-hybridized carbons (Fsp3) is 0.125. The Balaban J connectivity index is 2.28. The summed E-state index contributed by atoms with van der Waals surface area (Å²) in [5, 5.41) is 22.4. The maximum Gasteiger partial charge on any atom is 0.270 e. The first kappa shape index (κ1) is 15.2. The van der Waals surface area contributed by atoms with E-state index in [4.69, 9.17) is 5.26 Å². The predicted octanol–water partition coefficient (Wildman–Crippen LogP) is 3.28. The maximum atomic E-state index is 12.2. The molecule has 6 nitrogen and oxygen atoms in total. The monoisotopic (exact) mass is 295 g/mol. The van der Waals surface area contributed by atoms with Crippen molar-refractivity contribution in [3.63, 3.8) is 0 Å². The highest BCUT2D eigenvalue weighted by Crippen LogP contribution is 2.22. The van der Waals surface area contributed by atoms with Crippen LogP contribution in [0.5, 0.6) is 0 Å². The second-order valence-corrected chi connectivity index (χ2v) is 4.61. The molecule has 0 heterocycles. The van der Waals surface area contributed by atoms with Gasteiger partial charge in [-0.3, -0.25) is 14.9 Å². The van der Waals surface area contributed by atoms with Crippen molar-refractivity contribution in [3.8, 4) is 6.07 Å². The molecule has 0 saturated heterocycles. The standard InChI is InChI=1S/C16H13N3O3/c1-2-11-4-3-5-12(8-11)16(20)18-15-7-6-14(19(21)22)9-13(15)10-17/h3-9H,2H2,1H3,(H,18,20). The number of carbonyl (C=O) groups is 1. The van der Waals surface area contributed by atoms with Gasteiger partial charge in [0.1, 0.15) is 6.07 Å². The number of non-ortho nitro benzene ring substituents is 1. The summed E-state index contributed by atoms with van der Waals surface area (Å²) in [7, 11) is 0. The normalized spacial score (nSPS) is 9.82. The number of amides is 1. The molecule has 2 rings (SSSR count). The summed E-state index contributed by atoms with van der Waals surface area (Å²) < 4.78 is 0. The lowest BCUT2D eigenvalue weighted by atomic mass is 10.1. The fourth-order valence-corrected chi connectivity index (χ4v) is 1.97. The quantitative estimate of drug-likeness (QED) is 0.691. The maximum absolute atomic E-state index is 12.2. The van der Waals surface area contributed by atoms with E-state index in [0.29, 0.717) is 5.56 Å². The summed E-state index contributed by atoms with van der Waals surface area (Å²) in [5.74, 6) is -0.361. The first-order chi connectivity index (χ1) is 10.5. The molecule has 0 spiro atoms. The molecule has 0 aliphatic rings. The van der Waals surface area contributed by atoms with Crippen LogP contribution in [0.2, 0.25) is 0 Å². The predicted molar refractivity (Wildman–Crippen MR) is 81.6 cm³/mol. The highest BCUT2D eigenvalue weighted by Gasteiger charge is 2.13. The number of benzene rings is 2. The summed E-state index contributed by atoms with van der Waals surface area (Å²) in [6.45, 7) is 1.99. The van der Waals surface area contributed by atoms with Crippen LogP contribution in [0.3, 0.4) is 0 Å². The van der Waals surface area contributed by atoms with Crippen molar-refractivity contribution in [2.45, 2.75) is 13.3 Å². The number of hydrogen-bond acceptors (Lipinski definition) is 4. The van der Waals surface area contributed by atoms with Crippen LogP contribution in [0.1, 0.15) is 28.4 Å². The number of aryl methyl sites for hydroxylation is 1. The number of rotatable bonds is 4. The Morgan fingerprint density at radius 2 is 2.09 bits per heavy atom. The Labute approximate surface area is 127 Å². The zero-order valence-corrected chi connectivity index (χ0v) is 11.9. The van der Waals surface area contributed by atoms with E-state index in [-0.39, 0.29) is 22.8 Å². The van der Waals surface area contributed by atoms with Crippen molar-refractivity contribution in [1.29, 1.82) is 5.26 Å². The smallest absolute Gasteiger partial charge is 0.270 e. The van der Waals surface area contributed by atoms with Gasteiger partial charge in [0.2, 0.25) is 0 Å². The number of nitro groups is 1. The molecular weight excluding hydrogens is 282 g/mol. The van der Waals surface area contributed by atoms with E-state index in [2.05, 4.69) is 5.32 Å². The minimum Gasteiger partial charge on any atom is -0.321 e. The summed E-state index contributed by atoms with van der Waals surface area (Å²) in [5.41, 5.74) is 1.61. The van der Waals surface area contributed by atoms with Gasteiger partial charge in [-0.25, -0.2) is 0 Å². The number of nitriles is 1. The summed E-state index contributed by atoms with van der Waals surface area (Å²) in [6.07, 6.45) is 0.808. The minimum atomic E-state index is -0.586. The van der Waals surface area contributed by atoms with E-state index < -0.39 is 4.92 Å². The number of hydrogen-bond donors (Lipinski definition) is 1. The molecule has 0 aliphatic heterocycles. The van der Waals surface area contributed by atoms with Gasteiger partial charge in [-0.05, 0) is 30.2 Å². The largest absolute Gasteiger partial charge is 0.321 e. The first-order valence-electron chi connectivity index (χ1n) is 6.64. The third-order valence-electron chi connectivity index (χ3n) is 3.18. The van der Waals surface area contributed by atoms with Crippen molar-refractivity contribution in [1.82, 2.24) is 0 Å². The van der Waals surface area contributed by atoms with Crippen molar-refractivity contribution in [2.75, 3.05) is 5.32 Å². The molecule has 2 aromatic carbocycles. The Kier molecular flexibility index (Phi) is 4.49. The lowest BCUT2D eigenvalue weighted by Gasteiger charge is -2.08. The van der Waals surface area contributed by atoms with Crippen molar-refractivity contribution in [3.05, 3.63) is 69.3 Å². The van der Waals surface area contributed by atoms with Gasteiger partial charge >= 0.3 is 0 Å². The fourth-order valence-electron chi connectivity index (χ4n) is 1.97. The van der Waals surface area contributed by atoms with Gasteiger partial charge in [-0.1, -0.05) is 19.1 Å². The van der Waals surface area contributed by atoms with Crippen LogP contribution in [-0.4, -0.2) is 10.8 Å². The highest BCUT2D eigenvalue weighted by atomic mass is 16.6. The Morgan fingerprint density at radius 3 is 2.73 bits per heavy atom. The molecule has 22 heavy (non-hydrogen) atoms. The lowest BCUT2D eigenvalue weighted by Crippen LogP contribution is -2.13. The van der Waals surface area contributed by atoms with Crippen LogP contribution in [0.15, 0.2) is 42.5 Å². The third kappa shape index (κ3) is 3.27. The van der Waals surface area contributed by atoms with Gasteiger partial charge in [0.05, 0.1) is 16.2 Å². The van der Waals surface area contributed by atoms with E-state index in [0.717, 1.165) is 18.1 Å². The number of anilines is 1. The first-order valence-corrected chi connectivity index (χ1v) is 6.64. The van der Waals surface area contributed by atoms with E-state index in [1.165, 1.54) is 12.1 Å². The van der Waals surface area contributed by atoms with Gasteiger partial charge in [-0.15, -0.1) is 0 Å². The second kappa shape index (κ2) is 6.50. The molecule has 0 unspecified atom stereocenters.